The monoisotopic (exact) mass is 230 g/mol. The van der Waals surface area contributed by atoms with Gasteiger partial charge in [0.15, 0.2) is 0 Å². The number of terminal acetylenes is 1. The average Bonchev–Trinajstić information content (AvgIpc) is 2.29. The summed E-state index contributed by atoms with van der Waals surface area (Å²) in [6, 6.07) is 7.37. The Morgan fingerprint density at radius 1 is 1.41 bits per heavy atom. The van der Waals surface area contributed by atoms with Crippen LogP contribution in [-0.2, 0) is 11.2 Å². The van der Waals surface area contributed by atoms with Crippen molar-refractivity contribution in [3.63, 3.8) is 0 Å². The zero-order valence-electron chi connectivity index (χ0n) is 9.91. The Morgan fingerprint density at radius 3 is 2.94 bits per heavy atom. The number of hydrogen-bond acceptors (Lipinski definition) is 2. The molecule has 90 valence electrons. The number of nitrogen functional groups attached to an aromatic ring is 1. The molecule has 1 rings (SSSR count). The Balaban J connectivity index is 2.23. The van der Waals surface area contributed by atoms with Crippen molar-refractivity contribution >= 4 is 11.6 Å². The summed E-state index contributed by atoms with van der Waals surface area (Å²) in [5.74, 6) is 2.60. The van der Waals surface area contributed by atoms with Gasteiger partial charge in [-0.2, -0.15) is 0 Å². The number of anilines is 1. The lowest BCUT2D eigenvalue weighted by atomic mass is 10.1. The summed E-state index contributed by atoms with van der Waals surface area (Å²) in [5.41, 5.74) is 7.26. The first-order chi connectivity index (χ1) is 8.22. The molecule has 0 spiro atoms. The highest BCUT2D eigenvalue weighted by molar-refractivity contribution is 5.78. The number of nitrogens with one attached hydrogen (secondary N) is 1. The molecular formula is C14H18N2O. The summed E-state index contributed by atoms with van der Waals surface area (Å²) in [4.78, 5) is 11.6. The Bertz CT molecular complexity index is 407. The van der Waals surface area contributed by atoms with E-state index >= 15 is 0 Å². The van der Waals surface area contributed by atoms with Crippen molar-refractivity contribution in [3.8, 4) is 12.3 Å². The van der Waals surface area contributed by atoms with Crippen LogP contribution in [0.3, 0.4) is 0 Å². The number of carbonyl (C=O) groups is 1. The minimum atomic E-state index is 0.0244. The largest absolute Gasteiger partial charge is 0.399 e. The maximum Gasteiger partial charge on any atom is 0.224 e. The van der Waals surface area contributed by atoms with Gasteiger partial charge in [-0.1, -0.05) is 12.1 Å². The van der Waals surface area contributed by atoms with Crippen molar-refractivity contribution in [2.45, 2.75) is 25.7 Å². The molecule has 0 heterocycles. The Kier molecular flexibility index (Phi) is 5.67. The molecule has 0 fully saturated rings. The topological polar surface area (TPSA) is 55.1 Å². The summed E-state index contributed by atoms with van der Waals surface area (Å²) in [6.45, 7) is 0.683. The number of unbranched alkanes of at least 4 members (excludes halogenated alkanes) is 2. The second-order valence-electron chi connectivity index (χ2n) is 3.93. The molecular weight excluding hydrogens is 212 g/mol. The number of carbonyl (C=O) groups excluding carboxylic acids is 1. The van der Waals surface area contributed by atoms with Crippen molar-refractivity contribution in [1.29, 1.82) is 0 Å². The first-order valence-electron chi connectivity index (χ1n) is 5.77. The van der Waals surface area contributed by atoms with Gasteiger partial charge in [-0.25, -0.2) is 0 Å². The van der Waals surface area contributed by atoms with E-state index in [1.807, 2.05) is 18.2 Å². The fourth-order valence-electron chi connectivity index (χ4n) is 1.53. The molecule has 0 radical (unpaired) electrons. The molecule has 3 heteroatoms. The van der Waals surface area contributed by atoms with E-state index in [2.05, 4.69) is 11.2 Å². The summed E-state index contributed by atoms with van der Waals surface area (Å²) in [5, 5.41) is 2.86. The molecule has 0 saturated carbocycles. The maximum absolute atomic E-state index is 11.6. The number of hydrogen-bond donors (Lipinski definition) is 2. The zero-order valence-corrected chi connectivity index (χ0v) is 9.91. The highest BCUT2D eigenvalue weighted by atomic mass is 16.1. The quantitative estimate of drug-likeness (QED) is 0.444. The SMILES string of the molecule is C#CCCCCNC(=O)Cc1cccc(N)c1. The first kappa shape index (κ1) is 13.1. The lowest BCUT2D eigenvalue weighted by molar-refractivity contribution is -0.120. The van der Waals surface area contributed by atoms with Gasteiger partial charge in [0.1, 0.15) is 0 Å². The van der Waals surface area contributed by atoms with Crippen molar-refractivity contribution in [1.82, 2.24) is 5.32 Å². The van der Waals surface area contributed by atoms with Crippen molar-refractivity contribution in [3.05, 3.63) is 29.8 Å². The minimum Gasteiger partial charge on any atom is -0.399 e. The fourth-order valence-corrected chi connectivity index (χ4v) is 1.53. The molecule has 1 aromatic rings. The molecule has 0 bridgehead atoms. The summed E-state index contributed by atoms with van der Waals surface area (Å²) < 4.78 is 0. The first-order valence-corrected chi connectivity index (χ1v) is 5.77. The Morgan fingerprint density at radius 2 is 2.24 bits per heavy atom. The van der Waals surface area contributed by atoms with E-state index in [4.69, 9.17) is 12.2 Å². The Hall–Kier alpha value is -1.95. The molecule has 0 atom stereocenters. The number of amides is 1. The molecule has 3 nitrogen and oxygen atoms in total. The third-order valence-corrected chi connectivity index (χ3v) is 2.39. The number of nitrogens with two attached hydrogens (primary N) is 1. The van der Waals surface area contributed by atoms with Crippen LogP contribution < -0.4 is 11.1 Å². The van der Waals surface area contributed by atoms with E-state index in [-0.39, 0.29) is 5.91 Å². The molecule has 0 saturated heterocycles. The lowest BCUT2D eigenvalue weighted by Crippen LogP contribution is -2.26. The normalized spacial score (nSPS) is 9.59. The highest BCUT2D eigenvalue weighted by Gasteiger charge is 2.02. The van der Waals surface area contributed by atoms with E-state index in [1.54, 1.807) is 6.07 Å². The van der Waals surface area contributed by atoms with Gasteiger partial charge in [0.25, 0.3) is 0 Å². The van der Waals surface area contributed by atoms with Crippen LogP contribution in [0, 0.1) is 12.3 Å². The molecule has 1 aromatic carbocycles. The van der Waals surface area contributed by atoms with Gasteiger partial charge in [0.05, 0.1) is 6.42 Å². The van der Waals surface area contributed by atoms with Crippen LogP contribution in [0.4, 0.5) is 5.69 Å². The zero-order chi connectivity index (χ0) is 12.5. The van der Waals surface area contributed by atoms with Crippen LogP contribution >= 0.6 is 0 Å². The van der Waals surface area contributed by atoms with E-state index in [0.717, 1.165) is 24.8 Å². The maximum atomic E-state index is 11.6. The molecule has 0 aromatic heterocycles. The van der Waals surface area contributed by atoms with Gasteiger partial charge in [-0.15, -0.1) is 12.3 Å². The van der Waals surface area contributed by atoms with Gasteiger partial charge in [-0.05, 0) is 30.5 Å². The third-order valence-electron chi connectivity index (χ3n) is 2.39. The molecule has 17 heavy (non-hydrogen) atoms. The predicted molar refractivity (Wildman–Crippen MR) is 70.3 cm³/mol. The molecule has 3 N–H and O–H groups in total. The molecule has 1 amide bonds. The van der Waals surface area contributed by atoms with Crippen LogP contribution in [0.25, 0.3) is 0 Å². The van der Waals surface area contributed by atoms with Crippen molar-refractivity contribution < 1.29 is 4.79 Å². The van der Waals surface area contributed by atoms with Crippen LogP contribution in [0.5, 0.6) is 0 Å². The van der Waals surface area contributed by atoms with Crippen LogP contribution in [0.15, 0.2) is 24.3 Å². The molecule has 0 unspecified atom stereocenters. The van der Waals surface area contributed by atoms with Gasteiger partial charge < -0.3 is 11.1 Å². The van der Waals surface area contributed by atoms with E-state index in [0.29, 0.717) is 18.7 Å². The van der Waals surface area contributed by atoms with Crippen molar-refractivity contribution in [2.24, 2.45) is 0 Å². The van der Waals surface area contributed by atoms with Gasteiger partial charge in [-0.3, -0.25) is 4.79 Å². The summed E-state index contributed by atoms with van der Waals surface area (Å²) >= 11 is 0. The highest BCUT2D eigenvalue weighted by Crippen LogP contribution is 2.06. The third kappa shape index (κ3) is 5.62. The fraction of sp³-hybridized carbons (Fsp3) is 0.357. The van der Waals surface area contributed by atoms with Gasteiger partial charge in [0.2, 0.25) is 5.91 Å². The lowest BCUT2D eigenvalue weighted by Gasteiger charge is -2.05. The average molecular weight is 230 g/mol. The second-order valence-corrected chi connectivity index (χ2v) is 3.93. The molecule has 0 aliphatic rings. The summed E-state index contributed by atoms with van der Waals surface area (Å²) in [6.07, 6.45) is 8.16. The molecule has 0 aliphatic heterocycles. The number of benzene rings is 1. The Labute approximate surface area is 102 Å². The number of rotatable bonds is 6. The van der Waals surface area contributed by atoms with E-state index in [1.165, 1.54) is 0 Å². The van der Waals surface area contributed by atoms with Gasteiger partial charge in [0, 0.05) is 18.7 Å². The predicted octanol–water partition coefficient (Wildman–Crippen LogP) is 1.73. The van der Waals surface area contributed by atoms with Crippen LogP contribution in [-0.4, -0.2) is 12.5 Å². The van der Waals surface area contributed by atoms with E-state index < -0.39 is 0 Å². The smallest absolute Gasteiger partial charge is 0.224 e. The standard InChI is InChI=1S/C14H18N2O/c1-2-3-4-5-9-16-14(17)11-12-7-6-8-13(15)10-12/h1,6-8,10H,3-5,9,11,15H2,(H,16,17). The van der Waals surface area contributed by atoms with E-state index in [9.17, 15) is 4.79 Å². The minimum absolute atomic E-state index is 0.0244. The van der Waals surface area contributed by atoms with Crippen molar-refractivity contribution in [2.75, 3.05) is 12.3 Å². The second kappa shape index (κ2) is 7.34. The summed E-state index contributed by atoms with van der Waals surface area (Å²) in [7, 11) is 0. The van der Waals surface area contributed by atoms with Crippen LogP contribution in [0.2, 0.25) is 0 Å². The van der Waals surface area contributed by atoms with Crippen LogP contribution in [0.1, 0.15) is 24.8 Å². The molecule has 0 aliphatic carbocycles. The van der Waals surface area contributed by atoms with Gasteiger partial charge >= 0.3 is 0 Å².